The fourth-order valence-corrected chi connectivity index (χ4v) is 3.36. The van der Waals surface area contributed by atoms with Crippen molar-refractivity contribution in [3.8, 4) is 17.0 Å². The Morgan fingerprint density at radius 2 is 1.90 bits per heavy atom. The molecule has 0 saturated carbocycles. The van der Waals surface area contributed by atoms with Gasteiger partial charge in [-0.1, -0.05) is 36.4 Å². The lowest BCUT2D eigenvalue weighted by atomic mass is 10.1. The van der Waals surface area contributed by atoms with E-state index in [2.05, 4.69) is 20.3 Å². The maximum atomic E-state index is 12.1. The lowest BCUT2D eigenvalue weighted by molar-refractivity contribution is 0.155. The number of ether oxygens (including phenoxy) is 1. The van der Waals surface area contributed by atoms with Crippen LogP contribution in [0.3, 0.4) is 0 Å². The molecule has 1 amide bonds. The average molecular weight is 411 g/mol. The Morgan fingerprint density at radius 3 is 2.77 bits per heavy atom. The number of hydrogen-bond donors (Lipinski definition) is 2. The summed E-state index contributed by atoms with van der Waals surface area (Å²) >= 11 is 0. The Balaban J connectivity index is 1.39. The molecule has 0 spiro atoms. The summed E-state index contributed by atoms with van der Waals surface area (Å²) in [5, 5.41) is 13.5. The van der Waals surface area contributed by atoms with Crippen LogP contribution in [0.1, 0.15) is 5.56 Å². The lowest BCUT2D eigenvalue weighted by Gasteiger charge is -2.09. The summed E-state index contributed by atoms with van der Waals surface area (Å²) in [6.45, 7) is 0.154. The minimum absolute atomic E-state index is 0.138. The molecule has 0 aliphatic rings. The van der Waals surface area contributed by atoms with Gasteiger partial charge in [-0.25, -0.2) is 19.7 Å². The molecule has 0 atom stereocenters. The van der Waals surface area contributed by atoms with Crippen LogP contribution in [0, 0.1) is 0 Å². The number of rotatable bonds is 4. The van der Waals surface area contributed by atoms with Crippen LogP contribution in [-0.2, 0) is 11.3 Å². The number of benzene rings is 2. The molecule has 8 nitrogen and oxygen atoms in total. The van der Waals surface area contributed by atoms with Crippen molar-refractivity contribution in [3.05, 3.63) is 84.8 Å². The van der Waals surface area contributed by atoms with Gasteiger partial charge in [0.05, 0.1) is 11.2 Å². The number of carbonyl (C=O) groups is 1. The summed E-state index contributed by atoms with van der Waals surface area (Å²) in [6, 6.07) is 18.4. The summed E-state index contributed by atoms with van der Waals surface area (Å²) in [5.41, 5.74) is 3.74. The Labute approximate surface area is 176 Å². The first kappa shape index (κ1) is 18.6. The number of amides is 1. The maximum absolute atomic E-state index is 12.1. The second kappa shape index (κ2) is 7.75. The molecular weight excluding hydrogens is 394 g/mol. The first-order valence-corrected chi connectivity index (χ1v) is 9.57. The number of nitrogens with zero attached hydrogens (tertiary/aromatic N) is 4. The van der Waals surface area contributed by atoms with E-state index in [1.165, 1.54) is 0 Å². The molecular formula is C23H17N5O3. The van der Waals surface area contributed by atoms with Gasteiger partial charge in [0.15, 0.2) is 0 Å². The standard InChI is InChI=1S/C23H17N5O3/c29-20-13-21-24-10-11-28(21)19-12-16(6-7-17(19)20)18-8-9-25-22(26-18)27-23(30)31-14-15-4-2-1-3-5-15/h1-13,29H,14H2,(H,25,26,27,30). The number of anilines is 1. The van der Waals surface area contributed by atoms with E-state index in [0.29, 0.717) is 16.7 Å². The van der Waals surface area contributed by atoms with Gasteiger partial charge >= 0.3 is 6.09 Å². The van der Waals surface area contributed by atoms with Gasteiger partial charge in [0.1, 0.15) is 18.0 Å². The van der Waals surface area contributed by atoms with Crippen molar-refractivity contribution in [2.45, 2.75) is 6.61 Å². The van der Waals surface area contributed by atoms with Gasteiger partial charge in [0.25, 0.3) is 0 Å². The number of nitrogens with one attached hydrogen (secondary N) is 1. The largest absolute Gasteiger partial charge is 0.507 e. The average Bonchev–Trinajstić information content (AvgIpc) is 3.27. The van der Waals surface area contributed by atoms with Gasteiger partial charge < -0.3 is 9.84 Å². The van der Waals surface area contributed by atoms with E-state index in [4.69, 9.17) is 4.74 Å². The van der Waals surface area contributed by atoms with E-state index in [1.807, 2.05) is 59.1 Å². The molecule has 0 aliphatic heterocycles. The van der Waals surface area contributed by atoms with Crippen LogP contribution in [0.5, 0.6) is 5.75 Å². The van der Waals surface area contributed by atoms with Gasteiger partial charge in [-0.2, -0.15) is 0 Å². The van der Waals surface area contributed by atoms with Crippen molar-refractivity contribution in [1.82, 2.24) is 19.4 Å². The zero-order valence-corrected chi connectivity index (χ0v) is 16.3. The predicted molar refractivity (Wildman–Crippen MR) is 116 cm³/mol. The zero-order chi connectivity index (χ0) is 21.2. The van der Waals surface area contributed by atoms with Crippen LogP contribution in [0.2, 0.25) is 0 Å². The molecule has 8 heteroatoms. The molecule has 3 aromatic heterocycles. The quantitative estimate of drug-likeness (QED) is 0.455. The van der Waals surface area contributed by atoms with Gasteiger partial charge in [-0.15, -0.1) is 0 Å². The Kier molecular flexibility index (Phi) is 4.64. The second-order valence-electron chi connectivity index (χ2n) is 6.87. The van der Waals surface area contributed by atoms with Crippen LogP contribution >= 0.6 is 0 Å². The van der Waals surface area contributed by atoms with Crippen LogP contribution < -0.4 is 5.32 Å². The first-order chi connectivity index (χ1) is 15.2. The molecule has 2 aromatic carbocycles. The number of fused-ring (bicyclic) bond motifs is 3. The molecule has 5 rings (SSSR count). The van der Waals surface area contributed by atoms with Crippen molar-refractivity contribution in [2.75, 3.05) is 5.32 Å². The SMILES string of the molecule is O=C(Nc1nccc(-c2ccc3c(O)cc4nccn4c3c2)n1)OCc1ccccc1. The van der Waals surface area contributed by atoms with Gasteiger partial charge in [0.2, 0.25) is 5.95 Å². The third kappa shape index (κ3) is 3.74. The molecule has 0 radical (unpaired) electrons. The highest BCUT2D eigenvalue weighted by Gasteiger charge is 2.11. The minimum Gasteiger partial charge on any atom is -0.507 e. The molecule has 0 bridgehead atoms. The van der Waals surface area contributed by atoms with Gasteiger partial charge in [-0.05, 0) is 23.8 Å². The van der Waals surface area contributed by atoms with Crippen molar-refractivity contribution in [1.29, 1.82) is 0 Å². The van der Waals surface area contributed by atoms with Crippen molar-refractivity contribution in [2.24, 2.45) is 0 Å². The lowest BCUT2D eigenvalue weighted by Crippen LogP contribution is -2.15. The predicted octanol–water partition coefficient (Wildman–Crippen LogP) is 4.40. The normalized spacial score (nSPS) is 11.0. The fraction of sp³-hybridized carbons (Fsp3) is 0.0435. The second-order valence-corrected chi connectivity index (χ2v) is 6.87. The highest BCUT2D eigenvalue weighted by Crippen LogP contribution is 2.30. The molecule has 0 fully saturated rings. The number of pyridine rings is 1. The van der Waals surface area contributed by atoms with E-state index < -0.39 is 6.09 Å². The van der Waals surface area contributed by atoms with Gasteiger partial charge in [0, 0.05) is 35.6 Å². The Hall–Kier alpha value is -4.46. The minimum atomic E-state index is -0.635. The molecule has 0 unspecified atom stereocenters. The Bertz CT molecular complexity index is 1400. The first-order valence-electron chi connectivity index (χ1n) is 9.57. The molecule has 0 saturated heterocycles. The van der Waals surface area contributed by atoms with E-state index in [0.717, 1.165) is 16.6 Å². The Morgan fingerprint density at radius 1 is 1.03 bits per heavy atom. The van der Waals surface area contributed by atoms with Crippen LogP contribution in [0.15, 0.2) is 79.3 Å². The van der Waals surface area contributed by atoms with Gasteiger partial charge in [-0.3, -0.25) is 9.72 Å². The highest BCUT2D eigenvalue weighted by atomic mass is 16.5. The molecule has 3 heterocycles. The molecule has 2 N–H and O–H groups in total. The van der Waals surface area contributed by atoms with E-state index in [-0.39, 0.29) is 18.3 Å². The number of imidazole rings is 1. The summed E-state index contributed by atoms with van der Waals surface area (Å²) < 4.78 is 7.11. The summed E-state index contributed by atoms with van der Waals surface area (Å²) in [4.78, 5) is 24.9. The van der Waals surface area contributed by atoms with Crippen molar-refractivity contribution in [3.63, 3.8) is 0 Å². The summed E-state index contributed by atoms with van der Waals surface area (Å²) in [5.74, 6) is 0.297. The highest BCUT2D eigenvalue weighted by molar-refractivity contribution is 5.91. The number of carbonyl (C=O) groups excluding carboxylic acids is 1. The third-order valence-electron chi connectivity index (χ3n) is 4.85. The molecule has 0 aliphatic carbocycles. The number of aromatic hydroxyl groups is 1. The maximum Gasteiger partial charge on any atom is 0.414 e. The molecule has 152 valence electrons. The number of aromatic nitrogens is 4. The zero-order valence-electron chi connectivity index (χ0n) is 16.3. The third-order valence-corrected chi connectivity index (χ3v) is 4.85. The molecule has 31 heavy (non-hydrogen) atoms. The van der Waals surface area contributed by atoms with E-state index >= 15 is 0 Å². The summed E-state index contributed by atoms with van der Waals surface area (Å²) in [7, 11) is 0. The van der Waals surface area contributed by atoms with Crippen molar-refractivity contribution < 1.29 is 14.6 Å². The number of hydrogen-bond acceptors (Lipinski definition) is 6. The van der Waals surface area contributed by atoms with Crippen LogP contribution in [-0.4, -0.2) is 30.6 Å². The monoisotopic (exact) mass is 411 g/mol. The van der Waals surface area contributed by atoms with Crippen molar-refractivity contribution >= 4 is 28.6 Å². The fourth-order valence-electron chi connectivity index (χ4n) is 3.36. The van der Waals surface area contributed by atoms with E-state index in [1.54, 1.807) is 24.5 Å². The summed E-state index contributed by atoms with van der Waals surface area (Å²) in [6.07, 6.45) is 4.43. The smallest absolute Gasteiger partial charge is 0.414 e. The molecule has 5 aromatic rings. The van der Waals surface area contributed by atoms with Crippen LogP contribution in [0.4, 0.5) is 10.7 Å². The van der Waals surface area contributed by atoms with Crippen LogP contribution in [0.25, 0.3) is 27.8 Å². The van der Waals surface area contributed by atoms with E-state index in [9.17, 15) is 9.90 Å². The topological polar surface area (TPSA) is 102 Å².